The molecule has 7 aromatic carbocycles. The van der Waals surface area contributed by atoms with Crippen molar-refractivity contribution in [2.75, 3.05) is 0 Å². The Morgan fingerprint density at radius 2 is 0.956 bits per heavy atom. The van der Waals surface area contributed by atoms with Gasteiger partial charge in [-0.15, -0.1) is 0 Å². The highest BCUT2D eigenvalue weighted by atomic mass is 16.3. The van der Waals surface area contributed by atoms with Gasteiger partial charge in [0.25, 0.3) is 0 Å². The van der Waals surface area contributed by atoms with Crippen LogP contribution in [-0.4, -0.2) is 4.98 Å². The molecule has 0 unspecified atom stereocenters. The zero-order valence-electron chi connectivity index (χ0n) is 24.3. The first-order valence-electron chi connectivity index (χ1n) is 14.9. The first kappa shape index (κ1) is 26.4. The molecule has 1 aromatic heterocycles. The standard InChI is InChI=1S/C42H26N2O/c43-27-28-15-17-32(18-16-28)35-23-24-36(38-14-8-7-13-37(35)38)34-25-39(31-11-5-2-6-12-31)41-40(26-34)45-42(44-41)33-21-19-30(20-22-33)29-9-3-1-4-10-29/h1-26H. The molecule has 0 amide bonds. The third-order valence-corrected chi connectivity index (χ3v) is 8.38. The highest BCUT2D eigenvalue weighted by Gasteiger charge is 2.17. The van der Waals surface area contributed by atoms with Crippen molar-refractivity contribution in [3.05, 3.63) is 163 Å². The molecular weight excluding hydrogens is 548 g/mol. The van der Waals surface area contributed by atoms with Gasteiger partial charge in [0.15, 0.2) is 5.58 Å². The van der Waals surface area contributed by atoms with Crippen molar-refractivity contribution in [1.82, 2.24) is 4.98 Å². The minimum absolute atomic E-state index is 0.597. The molecule has 0 spiro atoms. The summed E-state index contributed by atoms with van der Waals surface area (Å²) in [5.74, 6) is 0.597. The number of hydrogen-bond acceptors (Lipinski definition) is 3. The van der Waals surface area contributed by atoms with Crippen LogP contribution in [0.15, 0.2) is 162 Å². The maximum absolute atomic E-state index is 9.27. The Morgan fingerprint density at radius 3 is 1.60 bits per heavy atom. The Labute approximate surface area is 261 Å². The summed E-state index contributed by atoms with van der Waals surface area (Å²) in [6.07, 6.45) is 0. The lowest BCUT2D eigenvalue weighted by Gasteiger charge is -2.13. The van der Waals surface area contributed by atoms with Crippen LogP contribution in [0.3, 0.4) is 0 Å². The minimum Gasteiger partial charge on any atom is -0.436 e. The lowest BCUT2D eigenvalue weighted by molar-refractivity contribution is 0.620. The smallest absolute Gasteiger partial charge is 0.227 e. The molecule has 0 saturated heterocycles. The minimum atomic E-state index is 0.597. The quantitative estimate of drug-likeness (QED) is 0.205. The van der Waals surface area contributed by atoms with Crippen LogP contribution in [0.4, 0.5) is 0 Å². The van der Waals surface area contributed by atoms with Crippen LogP contribution in [-0.2, 0) is 0 Å². The molecular formula is C42H26N2O. The lowest BCUT2D eigenvalue weighted by atomic mass is 9.90. The number of nitriles is 1. The molecule has 0 fully saturated rings. The zero-order chi connectivity index (χ0) is 30.2. The molecule has 210 valence electrons. The lowest BCUT2D eigenvalue weighted by Crippen LogP contribution is -1.88. The molecule has 8 rings (SSSR count). The highest BCUT2D eigenvalue weighted by molar-refractivity contribution is 6.07. The topological polar surface area (TPSA) is 49.8 Å². The second-order valence-corrected chi connectivity index (χ2v) is 11.1. The summed E-state index contributed by atoms with van der Waals surface area (Å²) in [4.78, 5) is 5.04. The van der Waals surface area contributed by atoms with Crippen LogP contribution in [0.1, 0.15) is 5.56 Å². The van der Waals surface area contributed by atoms with E-state index in [0.717, 1.165) is 66.4 Å². The van der Waals surface area contributed by atoms with Gasteiger partial charge in [0, 0.05) is 11.1 Å². The molecule has 3 heteroatoms. The summed E-state index contributed by atoms with van der Waals surface area (Å²) < 4.78 is 6.51. The molecule has 0 saturated carbocycles. The van der Waals surface area contributed by atoms with Crippen molar-refractivity contribution in [3.8, 4) is 62.0 Å². The van der Waals surface area contributed by atoms with Crippen molar-refractivity contribution >= 4 is 21.9 Å². The predicted molar refractivity (Wildman–Crippen MR) is 183 cm³/mol. The summed E-state index contributed by atoms with van der Waals surface area (Å²) in [5.41, 5.74) is 12.0. The molecule has 0 atom stereocenters. The van der Waals surface area contributed by atoms with Crippen molar-refractivity contribution in [2.24, 2.45) is 0 Å². The van der Waals surface area contributed by atoms with Gasteiger partial charge in [0.05, 0.1) is 11.6 Å². The van der Waals surface area contributed by atoms with Crippen molar-refractivity contribution < 1.29 is 4.42 Å². The fourth-order valence-electron chi connectivity index (χ4n) is 6.11. The van der Waals surface area contributed by atoms with Gasteiger partial charge >= 0.3 is 0 Å². The third kappa shape index (κ3) is 4.85. The number of fused-ring (bicyclic) bond motifs is 2. The maximum atomic E-state index is 9.27. The number of benzene rings is 7. The van der Waals surface area contributed by atoms with Crippen molar-refractivity contribution in [2.45, 2.75) is 0 Å². The summed E-state index contributed by atoms with van der Waals surface area (Å²) in [6.45, 7) is 0. The van der Waals surface area contributed by atoms with E-state index in [1.165, 1.54) is 5.56 Å². The Morgan fingerprint density at radius 1 is 0.444 bits per heavy atom. The first-order chi connectivity index (χ1) is 22.2. The van der Waals surface area contributed by atoms with E-state index in [1.54, 1.807) is 0 Å². The molecule has 1 heterocycles. The average Bonchev–Trinajstić information content (AvgIpc) is 3.56. The number of rotatable bonds is 5. The van der Waals surface area contributed by atoms with E-state index in [9.17, 15) is 5.26 Å². The molecule has 3 nitrogen and oxygen atoms in total. The SMILES string of the molecule is N#Cc1ccc(-c2ccc(-c3cc(-c4ccccc4)c4nc(-c5ccc(-c6ccccc6)cc5)oc4c3)c3ccccc23)cc1. The van der Waals surface area contributed by atoms with E-state index in [4.69, 9.17) is 9.40 Å². The number of oxazole rings is 1. The summed E-state index contributed by atoms with van der Waals surface area (Å²) >= 11 is 0. The predicted octanol–water partition coefficient (Wildman–Crippen LogP) is 11.2. The Bertz CT molecular complexity index is 2350. The van der Waals surface area contributed by atoms with Gasteiger partial charge < -0.3 is 4.42 Å². The van der Waals surface area contributed by atoms with Crippen LogP contribution in [0.5, 0.6) is 0 Å². The van der Waals surface area contributed by atoms with Gasteiger partial charge in [-0.3, -0.25) is 0 Å². The van der Waals surface area contributed by atoms with Crippen molar-refractivity contribution in [1.29, 1.82) is 5.26 Å². The van der Waals surface area contributed by atoms with Gasteiger partial charge in [-0.25, -0.2) is 4.98 Å². The molecule has 0 radical (unpaired) electrons. The second kappa shape index (κ2) is 11.1. The Balaban J connectivity index is 1.28. The van der Waals surface area contributed by atoms with E-state index >= 15 is 0 Å². The van der Waals surface area contributed by atoms with E-state index < -0.39 is 0 Å². The summed E-state index contributed by atoms with van der Waals surface area (Å²) in [7, 11) is 0. The number of aromatic nitrogens is 1. The van der Waals surface area contributed by atoms with E-state index in [1.807, 2.05) is 36.4 Å². The third-order valence-electron chi connectivity index (χ3n) is 8.38. The van der Waals surface area contributed by atoms with Crippen molar-refractivity contribution in [3.63, 3.8) is 0 Å². The van der Waals surface area contributed by atoms with E-state index in [2.05, 4.69) is 127 Å². The maximum Gasteiger partial charge on any atom is 0.227 e. The molecule has 0 aliphatic heterocycles. The first-order valence-corrected chi connectivity index (χ1v) is 14.9. The largest absolute Gasteiger partial charge is 0.436 e. The molecule has 0 aliphatic carbocycles. The molecule has 0 bridgehead atoms. The monoisotopic (exact) mass is 574 g/mol. The normalized spacial score (nSPS) is 11.1. The van der Waals surface area contributed by atoms with Crippen LogP contribution < -0.4 is 0 Å². The van der Waals surface area contributed by atoms with Gasteiger partial charge in [-0.1, -0.05) is 121 Å². The highest BCUT2D eigenvalue weighted by Crippen LogP contribution is 2.40. The second-order valence-electron chi connectivity index (χ2n) is 11.1. The van der Waals surface area contributed by atoms with Crippen LogP contribution in [0.25, 0.3) is 77.8 Å². The fourth-order valence-corrected chi connectivity index (χ4v) is 6.11. The molecule has 8 aromatic rings. The Kier molecular flexibility index (Phi) is 6.52. The summed E-state index contributed by atoms with van der Waals surface area (Å²) in [5, 5.41) is 11.6. The molecule has 0 N–H and O–H groups in total. The van der Waals surface area contributed by atoms with E-state index in [0.29, 0.717) is 11.5 Å². The number of nitrogens with zero attached hydrogens (tertiary/aromatic N) is 2. The summed E-state index contributed by atoms with van der Waals surface area (Å²) in [6, 6.07) is 56.3. The van der Waals surface area contributed by atoms with Gasteiger partial charge in [0.1, 0.15) is 5.52 Å². The Hall–Kier alpha value is -6.24. The zero-order valence-corrected chi connectivity index (χ0v) is 24.3. The van der Waals surface area contributed by atoms with Crippen LogP contribution >= 0.6 is 0 Å². The number of hydrogen-bond donors (Lipinski definition) is 0. The molecule has 45 heavy (non-hydrogen) atoms. The fraction of sp³-hybridized carbons (Fsp3) is 0. The van der Waals surface area contributed by atoms with Crippen LogP contribution in [0, 0.1) is 11.3 Å². The van der Waals surface area contributed by atoms with Gasteiger partial charge in [0.2, 0.25) is 5.89 Å². The average molecular weight is 575 g/mol. The molecule has 0 aliphatic rings. The van der Waals surface area contributed by atoms with Gasteiger partial charge in [-0.2, -0.15) is 5.26 Å². The van der Waals surface area contributed by atoms with E-state index in [-0.39, 0.29) is 0 Å². The van der Waals surface area contributed by atoms with Crippen LogP contribution in [0.2, 0.25) is 0 Å². The van der Waals surface area contributed by atoms with Gasteiger partial charge in [-0.05, 0) is 86.1 Å².